The second-order valence-electron chi connectivity index (χ2n) is 6.72. The quantitative estimate of drug-likeness (QED) is 0.697. The second-order valence-corrected chi connectivity index (χ2v) is 7.54. The molecule has 1 amide bonds. The van der Waals surface area contributed by atoms with Crippen LogP contribution in [0.3, 0.4) is 0 Å². The minimum Gasteiger partial charge on any atom is -0.396 e. The van der Waals surface area contributed by atoms with Crippen molar-refractivity contribution >= 4 is 34.8 Å². The van der Waals surface area contributed by atoms with Gasteiger partial charge in [-0.1, -0.05) is 23.2 Å². The topological polar surface area (TPSA) is 71.2 Å². The van der Waals surface area contributed by atoms with Crippen molar-refractivity contribution in [1.82, 2.24) is 14.8 Å². The number of halogens is 2. The predicted molar refractivity (Wildman–Crippen MR) is 109 cm³/mol. The van der Waals surface area contributed by atoms with Crippen LogP contribution in [0.4, 0.5) is 5.69 Å². The van der Waals surface area contributed by atoms with Crippen LogP contribution in [0.1, 0.15) is 29.1 Å². The lowest BCUT2D eigenvalue weighted by Crippen LogP contribution is -2.42. The number of hydrogen-bond acceptors (Lipinski definition) is 4. The molecule has 3 heterocycles. The molecule has 144 valence electrons. The number of aliphatic hydroxyl groups excluding tert-OH is 1. The zero-order valence-electron chi connectivity index (χ0n) is 15.1. The Bertz CT molecular complexity index is 1050. The maximum atomic E-state index is 13.4. The van der Waals surface area contributed by atoms with Gasteiger partial charge < -0.3 is 10.0 Å². The third-order valence-corrected chi connectivity index (χ3v) is 5.56. The van der Waals surface area contributed by atoms with Gasteiger partial charge in [0.1, 0.15) is 5.69 Å². The van der Waals surface area contributed by atoms with Gasteiger partial charge in [0, 0.05) is 42.7 Å². The lowest BCUT2D eigenvalue weighted by molar-refractivity contribution is 0.0954. The number of aromatic nitrogens is 3. The monoisotopic (exact) mass is 416 g/mol. The molecule has 2 aromatic heterocycles. The maximum Gasteiger partial charge on any atom is 0.277 e. The van der Waals surface area contributed by atoms with Crippen molar-refractivity contribution in [1.29, 1.82) is 0 Å². The number of rotatable bonds is 4. The van der Waals surface area contributed by atoms with E-state index in [1.54, 1.807) is 40.2 Å². The summed E-state index contributed by atoms with van der Waals surface area (Å²) in [5.74, 6) is -0.149. The summed E-state index contributed by atoms with van der Waals surface area (Å²) in [6.07, 6.45) is 3.84. The van der Waals surface area contributed by atoms with Crippen LogP contribution in [-0.4, -0.2) is 38.9 Å². The fourth-order valence-electron chi connectivity index (χ4n) is 3.45. The van der Waals surface area contributed by atoms with Gasteiger partial charge in [0.15, 0.2) is 0 Å². The van der Waals surface area contributed by atoms with E-state index in [0.717, 1.165) is 16.8 Å². The molecule has 1 aliphatic rings. The van der Waals surface area contributed by atoms with E-state index in [0.29, 0.717) is 34.4 Å². The van der Waals surface area contributed by atoms with Crippen LogP contribution < -0.4 is 4.90 Å². The highest BCUT2D eigenvalue weighted by molar-refractivity contribution is 6.42. The van der Waals surface area contributed by atoms with Crippen LogP contribution in [-0.2, 0) is 6.42 Å². The Morgan fingerprint density at radius 1 is 1.21 bits per heavy atom. The Morgan fingerprint density at radius 3 is 2.79 bits per heavy atom. The number of hydrogen-bond donors (Lipinski definition) is 1. The van der Waals surface area contributed by atoms with E-state index in [2.05, 4.69) is 10.1 Å². The van der Waals surface area contributed by atoms with Gasteiger partial charge in [-0.15, -0.1) is 0 Å². The van der Waals surface area contributed by atoms with Crippen LogP contribution in [0.5, 0.6) is 0 Å². The second kappa shape index (κ2) is 7.54. The Balaban J connectivity index is 1.78. The van der Waals surface area contributed by atoms with Crippen molar-refractivity contribution < 1.29 is 9.90 Å². The van der Waals surface area contributed by atoms with Gasteiger partial charge in [-0.05, 0) is 42.8 Å². The van der Waals surface area contributed by atoms with E-state index in [1.165, 1.54) is 0 Å². The summed E-state index contributed by atoms with van der Waals surface area (Å²) in [6.45, 7) is 2.52. The molecule has 1 aliphatic heterocycles. The molecular formula is C20H18Cl2N4O2. The van der Waals surface area contributed by atoms with Crippen LogP contribution in [0.15, 0.2) is 42.7 Å². The molecule has 4 rings (SSSR count). The fourth-order valence-corrected chi connectivity index (χ4v) is 3.74. The Morgan fingerprint density at radius 2 is 2.04 bits per heavy atom. The first kappa shape index (κ1) is 18.9. The SMILES string of the molecule is C[C@H]1CN(c2ccc(Cl)c(Cl)c2)C(=O)c2c(-c3ccnc(CCO)c3)cnn21. The summed E-state index contributed by atoms with van der Waals surface area (Å²) in [6, 6.07) is 8.89. The Hall–Kier alpha value is -2.41. The van der Waals surface area contributed by atoms with Gasteiger partial charge in [0.2, 0.25) is 0 Å². The van der Waals surface area contributed by atoms with Crippen molar-refractivity contribution in [2.75, 3.05) is 18.1 Å². The van der Waals surface area contributed by atoms with Crippen molar-refractivity contribution in [3.05, 3.63) is 64.2 Å². The summed E-state index contributed by atoms with van der Waals surface area (Å²) < 4.78 is 1.76. The zero-order valence-corrected chi connectivity index (χ0v) is 16.7. The first-order valence-electron chi connectivity index (χ1n) is 8.90. The van der Waals surface area contributed by atoms with Gasteiger partial charge in [-0.3, -0.25) is 14.5 Å². The number of carbonyl (C=O) groups is 1. The van der Waals surface area contributed by atoms with Crippen molar-refractivity contribution in [3.63, 3.8) is 0 Å². The molecule has 8 heteroatoms. The number of pyridine rings is 1. The van der Waals surface area contributed by atoms with E-state index in [4.69, 9.17) is 23.2 Å². The number of aliphatic hydroxyl groups is 1. The summed E-state index contributed by atoms with van der Waals surface area (Å²) in [4.78, 5) is 19.3. The van der Waals surface area contributed by atoms with Crippen molar-refractivity contribution in [3.8, 4) is 11.1 Å². The molecule has 0 fully saturated rings. The molecule has 28 heavy (non-hydrogen) atoms. The number of amides is 1. The minimum atomic E-state index is -0.149. The highest BCUT2D eigenvalue weighted by Gasteiger charge is 2.33. The van der Waals surface area contributed by atoms with E-state index in [9.17, 15) is 9.90 Å². The average molecular weight is 417 g/mol. The molecule has 3 aromatic rings. The number of fused-ring (bicyclic) bond motifs is 1. The van der Waals surface area contributed by atoms with Crippen LogP contribution in [0.25, 0.3) is 11.1 Å². The average Bonchev–Trinajstić information content (AvgIpc) is 3.14. The normalized spacial score (nSPS) is 16.4. The zero-order chi connectivity index (χ0) is 19.8. The summed E-state index contributed by atoms with van der Waals surface area (Å²) >= 11 is 12.2. The molecule has 1 N–H and O–H groups in total. The molecule has 1 aromatic carbocycles. The smallest absolute Gasteiger partial charge is 0.277 e. The van der Waals surface area contributed by atoms with Gasteiger partial charge in [0.25, 0.3) is 5.91 Å². The van der Waals surface area contributed by atoms with Crippen LogP contribution >= 0.6 is 23.2 Å². The van der Waals surface area contributed by atoms with Crippen LogP contribution in [0.2, 0.25) is 10.0 Å². The first-order chi connectivity index (χ1) is 13.5. The maximum absolute atomic E-state index is 13.4. The number of nitrogens with zero attached hydrogens (tertiary/aromatic N) is 4. The molecule has 0 saturated carbocycles. The summed E-state index contributed by atoms with van der Waals surface area (Å²) in [7, 11) is 0. The standard InChI is InChI=1S/C20H18Cl2N4O2/c1-12-11-25(15-2-3-17(21)18(22)9-15)20(28)19-16(10-24-26(12)19)13-4-6-23-14(8-13)5-7-27/h2-4,6,8-10,12,27H,5,7,11H2,1H3/t12-/m0/s1. The number of carbonyl (C=O) groups excluding carboxylic acids is 1. The first-order valence-corrected chi connectivity index (χ1v) is 9.65. The number of benzene rings is 1. The van der Waals surface area contributed by atoms with E-state index in [1.807, 2.05) is 19.1 Å². The lowest BCUT2D eigenvalue weighted by Gasteiger charge is -2.32. The van der Waals surface area contributed by atoms with Gasteiger partial charge in [0.05, 0.1) is 22.3 Å². The molecule has 0 spiro atoms. The molecule has 0 radical (unpaired) electrons. The highest BCUT2D eigenvalue weighted by Crippen LogP contribution is 2.34. The predicted octanol–water partition coefficient (Wildman–Crippen LogP) is 4.01. The van der Waals surface area contributed by atoms with Crippen molar-refractivity contribution in [2.45, 2.75) is 19.4 Å². The molecule has 1 atom stereocenters. The highest BCUT2D eigenvalue weighted by atomic mass is 35.5. The van der Waals surface area contributed by atoms with Gasteiger partial charge in [-0.2, -0.15) is 5.10 Å². The molecule has 0 bridgehead atoms. The molecule has 6 nitrogen and oxygen atoms in total. The summed E-state index contributed by atoms with van der Waals surface area (Å²) in [5.41, 5.74) is 3.56. The van der Waals surface area contributed by atoms with E-state index < -0.39 is 0 Å². The van der Waals surface area contributed by atoms with E-state index in [-0.39, 0.29) is 18.6 Å². The van der Waals surface area contributed by atoms with Crippen LogP contribution in [0, 0.1) is 0 Å². The van der Waals surface area contributed by atoms with Gasteiger partial charge >= 0.3 is 0 Å². The Kier molecular flexibility index (Phi) is 5.10. The molecule has 0 unspecified atom stereocenters. The molecular weight excluding hydrogens is 399 g/mol. The molecule has 0 saturated heterocycles. The fraction of sp³-hybridized carbons (Fsp3) is 0.250. The number of anilines is 1. The molecule has 0 aliphatic carbocycles. The largest absolute Gasteiger partial charge is 0.396 e. The van der Waals surface area contributed by atoms with Gasteiger partial charge in [-0.25, -0.2) is 0 Å². The third kappa shape index (κ3) is 3.28. The minimum absolute atomic E-state index is 0.00495. The lowest BCUT2D eigenvalue weighted by atomic mass is 10.0. The third-order valence-electron chi connectivity index (χ3n) is 4.82. The van der Waals surface area contributed by atoms with Crippen molar-refractivity contribution in [2.24, 2.45) is 0 Å². The summed E-state index contributed by atoms with van der Waals surface area (Å²) in [5, 5.41) is 14.5. The Labute approximate surface area is 172 Å². The van der Waals surface area contributed by atoms with E-state index >= 15 is 0 Å².